The fourth-order valence-corrected chi connectivity index (χ4v) is 4.77. The number of rotatable bonds is 3. The van der Waals surface area contributed by atoms with Gasteiger partial charge in [-0.15, -0.1) is 0 Å². The third-order valence-corrected chi connectivity index (χ3v) is 6.63. The summed E-state index contributed by atoms with van der Waals surface area (Å²) in [4.78, 5) is 19.3. The van der Waals surface area contributed by atoms with Gasteiger partial charge in [-0.25, -0.2) is 4.98 Å². The van der Waals surface area contributed by atoms with Gasteiger partial charge in [0.1, 0.15) is 0 Å². The number of carbonyl (C=O) groups is 1. The Bertz CT molecular complexity index is 745. The number of nitrogens with zero attached hydrogens (tertiary/aromatic N) is 2. The van der Waals surface area contributed by atoms with E-state index in [0.717, 1.165) is 54.3 Å². The van der Waals surface area contributed by atoms with Crippen LogP contribution in [0.2, 0.25) is 10.0 Å². The molecule has 2 saturated heterocycles. The Morgan fingerprint density at radius 3 is 2.72 bits per heavy atom. The average Bonchev–Trinajstić information content (AvgIpc) is 3.25. The zero-order valence-electron chi connectivity index (χ0n) is 13.6. The minimum atomic E-state index is 0.0788. The Kier molecular flexibility index (Phi) is 5.04. The molecular weight excluding hydrogens is 381 g/mol. The van der Waals surface area contributed by atoms with E-state index < -0.39 is 0 Å². The molecule has 1 amide bonds. The van der Waals surface area contributed by atoms with E-state index in [9.17, 15) is 4.79 Å². The SMILES string of the molecule is O=C(NC1CCOC1)C1CCN(c2nc3cc(Cl)c(Cl)cc3s2)CC1. The fraction of sp³-hybridized carbons (Fsp3) is 0.529. The number of anilines is 1. The van der Waals surface area contributed by atoms with Crippen LogP contribution in [0.1, 0.15) is 19.3 Å². The van der Waals surface area contributed by atoms with Crippen molar-refractivity contribution in [2.75, 3.05) is 31.2 Å². The van der Waals surface area contributed by atoms with Crippen molar-refractivity contribution in [3.8, 4) is 0 Å². The van der Waals surface area contributed by atoms with Gasteiger partial charge in [0.2, 0.25) is 5.91 Å². The second kappa shape index (κ2) is 7.27. The standard InChI is InChI=1S/C17H19Cl2N3O2S/c18-12-7-14-15(8-13(12)19)25-17(21-14)22-4-1-10(2-5-22)16(23)20-11-3-6-24-9-11/h7-8,10-11H,1-6,9H2,(H,20,23). The molecule has 1 aromatic carbocycles. The van der Waals surface area contributed by atoms with Crippen LogP contribution in [0.5, 0.6) is 0 Å². The summed E-state index contributed by atoms with van der Waals surface area (Å²) < 4.78 is 6.35. The quantitative estimate of drug-likeness (QED) is 0.853. The van der Waals surface area contributed by atoms with E-state index in [2.05, 4.69) is 15.2 Å². The van der Waals surface area contributed by atoms with Gasteiger partial charge in [-0.05, 0) is 31.4 Å². The molecule has 1 unspecified atom stereocenters. The highest BCUT2D eigenvalue weighted by Crippen LogP contribution is 2.35. The van der Waals surface area contributed by atoms with E-state index in [1.54, 1.807) is 11.3 Å². The fourth-order valence-electron chi connectivity index (χ4n) is 3.35. The highest BCUT2D eigenvalue weighted by atomic mass is 35.5. The van der Waals surface area contributed by atoms with Gasteiger partial charge in [0.05, 0.1) is 32.9 Å². The van der Waals surface area contributed by atoms with Crippen molar-refractivity contribution in [3.63, 3.8) is 0 Å². The molecule has 2 aliphatic heterocycles. The molecule has 25 heavy (non-hydrogen) atoms. The number of thiazole rings is 1. The first-order valence-electron chi connectivity index (χ1n) is 8.49. The summed E-state index contributed by atoms with van der Waals surface area (Å²) in [5, 5.41) is 5.16. The number of halogens is 2. The number of fused-ring (bicyclic) bond motifs is 1. The molecule has 1 atom stereocenters. The number of hydrogen-bond donors (Lipinski definition) is 1. The zero-order chi connectivity index (χ0) is 17.4. The highest BCUT2D eigenvalue weighted by molar-refractivity contribution is 7.22. The normalized spacial score (nSPS) is 21.8. The molecule has 1 N–H and O–H groups in total. The number of aromatic nitrogens is 1. The predicted octanol–water partition coefficient (Wildman–Crippen LogP) is 3.72. The molecule has 0 bridgehead atoms. The summed E-state index contributed by atoms with van der Waals surface area (Å²) in [6, 6.07) is 3.86. The van der Waals surface area contributed by atoms with Crippen LogP contribution in [0.3, 0.4) is 0 Å². The largest absolute Gasteiger partial charge is 0.379 e. The first-order chi connectivity index (χ1) is 12.1. The maximum absolute atomic E-state index is 12.4. The number of hydrogen-bond acceptors (Lipinski definition) is 5. The zero-order valence-corrected chi connectivity index (χ0v) is 16.0. The molecule has 0 radical (unpaired) electrons. The first kappa shape index (κ1) is 17.3. The van der Waals surface area contributed by atoms with Gasteiger partial charge in [-0.1, -0.05) is 34.5 Å². The van der Waals surface area contributed by atoms with E-state index in [0.29, 0.717) is 16.7 Å². The third kappa shape index (κ3) is 3.72. The number of ether oxygens (including phenoxy) is 1. The Morgan fingerprint density at radius 1 is 1.24 bits per heavy atom. The van der Waals surface area contributed by atoms with Gasteiger partial charge in [0.25, 0.3) is 0 Å². The maximum atomic E-state index is 12.4. The van der Waals surface area contributed by atoms with Crippen LogP contribution in [0.15, 0.2) is 12.1 Å². The van der Waals surface area contributed by atoms with E-state index >= 15 is 0 Å². The molecule has 0 spiro atoms. The molecule has 1 aromatic heterocycles. The molecule has 5 nitrogen and oxygen atoms in total. The van der Waals surface area contributed by atoms with Crippen molar-refractivity contribution in [1.82, 2.24) is 10.3 Å². The number of benzene rings is 1. The number of amides is 1. The monoisotopic (exact) mass is 399 g/mol. The summed E-state index contributed by atoms with van der Waals surface area (Å²) >= 11 is 13.8. The Hall–Kier alpha value is -1.08. The highest BCUT2D eigenvalue weighted by Gasteiger charge is 2.28. The molecule has 8 heteroatoms. The summed E-state index contributed by atoms with van der Waals surface area (Å²) in [6.07, 6.45) is 2.61. The lowest BCUT2D eigenvalue weighted by molar-refractivity contribution is -0.126. The molecule has 0 aliphatic carbocycles. The minimum absolute atomic E-state index is 0.0788. The van der Waals surface area contributed by atoms with Crippen LogP contribution in [0.4, 0.5) is 5.13 Å². The molecule has 134 valence electrons. The summed E-state index contributed by atoms with van der Waals surface area (Å²) in [5.74, 6) is 0.244. The summed E-state index contributed by atoms with van der Waals surface area (Å²) in [5.41, 5.74) is 0.871. The van der Waals surface area contributed by atoms with E-state index in [1.165, 1.54) is 0 Å². The predicted molar refractivity (Wildman–Crippen MR) is 102 cm³/mol. The summed E-state index contributed by atoms with van der Waals surface area (Å²) in [6.45, 7) is 3.05. The van der Waals surface area contributed by atoms with Gasteiger partial charge in [0, 0.05) is 25.6 Å². The minimum Gasteiger partial charge on any atom is -0.379 e. The molecular formula is C17H19Cl2N3O2S. The molecule has 0 saturated carbocycles. The second-order valence-electron chi connectivity index (χ2n) is 6.56. The van der Waals surface area contributed by atoms with Crippen LogP contribution in [-0.4, -0.2) is 43.2 Å². The van der Waals surface area contributed by atoms with Crippen LogP contribution >= 0.6 is 34.5 Å². The smallest absolute Gasteiger partial charge is 0.223 e. The van der Waals surface area contributed by atoms with E-state index in [1.807, 2.05) is 12.1 Å². The lowest BCUT2D eigenvalue weighted by Gasteiger charge is -2.31. The molecule has 2 aliphatic rings. The molecule has 4 rings (SSSR count). The molecule has 2 aromatic rings. The molecule has 2 fully saturated rings. The average molecular weight is 400 g/mol. The van der Waals surface area contributed by atoms with Crippen LogP contribution < -0.4 is 10.2 Å². The lowest BCUT2D eigenvalue weighted by Crippen LogP contribution is -2.44. The molecule has 3 heterocycles. The first-order valence-corrected chi connectivity index (χ1v) is 10.1. The van der Waals surface area contributed by atoms with Crippen molar-refractivity contribution in [2.24, 2.45) is 5.92 Å². The van der Waals surface area contributed by atoms with Crippen molar-refractivity contribution < 1.29 is 9.53 Å². The number of nitrogens with one attached hydrogen (secondary N) is 1. The van der Waals surface area contributed by atoms with Crippen LogP contribution in [0.25, 0.3) is 10.2 Å². The van der Waals surface area contributed by atoms with Crippen molar-refractivity contribution >= 4 is 55.8 Å². The van der Waals surface area contributed by atoms with Gasteiger partial charge in [0.15, 0.2) is 5.13 Å². The maximum Gasteiger partial charge on any atom is 0.223 e. The van der Waals surface area contributed by atoms with Gasteiger partial charge >= 0.3 is 0 Å². The van der Waals surface area contributed by atoms with Crippen molar-refractivity contribution in [3.05, 3.63) is 22.2 Å². The van der Waals surface area contributed by atoms with Crippen LogP contribution in [0, 0.1) is 5.92 Å². The third-order valence-electron chi connectivity index (χ3n) is 4.83. The second-order valence-corrected chi connectivity index (χ2v) is 8.38. The van der Waals surface area contributed by atoms with Crippen LogP contribution in [-0.2, 0) is 9.53 Å². The van der Waals surface area contributed by atoms with Crippen molar-refractivity contribution in [1.29, 1.82) is 0 Å². The van der Waals surface area contributed by atoms with E-state index in [-0.39, 0.29) is 17.9 Å². The van der Waals surface area contributed by atoms with Crippen molar-refractivity contribution in [2.45, 2.75) is 25.3 Å². The Labute approximate surface area is 160 Å². The number of carbonyl (C=O) groups excluding carboxylic acids is 1. The Morgan fingerprint density at radius 2 is 2.00 bits per heavy atom. The topological polar surface area (TPSA) is 54.5 Å². The van der Waals surface area contributed by atoms with Gasteiger partial charge in [-0.2, -0.15) is 0 Å². The lowest BCUT2D eigenvalue weighted by atomic mass is 9.96. The Balaban J connectivity index is 1.39. The summed E-state index contributed by atoms with van der Waals surface area (Å²) in [7, 11) is 0. The van der Waals surface area contributed by atoms with E-state index in [4.69, 9.17) is 27.9 Å². The van der Waals surface area contributed by atoms with Gasteiger partial charge < -0.3 is 15.0 Å². The number of piperidine rings is 1. The van der Waals surface area contributed by atoms with Gasteiger partial charge in [-0.3, -0.25) is 4.79 Å².